The lowest BCUT2D eigenvalue weighted by Crippen LogP contribution is -2.28. The largest absolute Gasteiger partial charge is 0.497 e. The fourth-order valence-electron chi connectivity index (χ4n) is 2.78. The molecule has 130 valence electrons. The van der Waals surface area contributed by atoms with Crippen LogP contribution in [0.1, 0.15) is 6.42 Å². The Labute approximate surface area is 143 Å². The second kappa shape index (κ2) is 6.88. The predicted molar refractivity (Wildman–Crippen MR) is 88.4 cm³/mol. The molecule has 0 saturated carbocycles. The van der Waals surface area contributed by atoms with Crippen molar-refractivity contribution in [2.24, 2.45) is 5.92 Å². The smallest absolute Gasteiger partial charge is 0.229 e. The Balaban J connectivity index is 1.72. The van der Waals surface area contributed by atoms with Crippen LogP contribution in [0.4, 0.5) is 20.2 Å². The van der Waals surface area contributed by atoms with E-state index in [-0.39, 0.29) is 24.6 Å². The summed E-state index contributed by atoms with van der Waals surface area (Å²) in [5, 5.41) is 2.46. The van der Waals surface area contributed by atoms with Gasteiger partial charge in [-0.15, -0.1) is 0 Å². The van der Waals surface area contributed by atoms with Crippen LogP contribution in [0.15, 0.2) is 42.5 Å². The number of rotatable bonds is 4. The van der Waals surface area contributed by atoms with Crippen LogP contribution >= 0.6 is 0 Å². The fraction of sp³-hybridized carbons (Fsp3) is 0.222. The van der Waals surface area contributed by atoms with Crippen molar-refractivity contribution in [1.82, 2.24) is 0 Å². The molecule has 1 fully saturated rings. The maximum absolute atomic E-state index is 13.2. The maximum atomic E-state index is 13.2. The van der Waals surface area contributed by atoms with Crippen molar-refractivity contribution in [3.8, 4) is 5.75 Å². The van der Waals surface area contributed by atoms with E-state index in [1.54, 1.807) is 24.3 Å². The van der Waals surface area contributed by atoms with Gasteiger partial charge < -0.3 is 15.0 Å². The van der Waals surface area contributed by atoms with Gasteiger partial charge in [-0.05, 0) is 24.3 Å². The van der Waals surface area contributed by atoms with Gasteiger partial charge in [0.15, 0.2) is 0 Å². The number of carbonyl (C=O) groups excluding carboxylic acids is 2. The summed E-state index contributed by atoms with van der Waals surface area (Å²) in [7, 11) is 1.53. The van der Waals surface area contributed by atoms with Crippen LogP contribution in [0.3, 0.4) is 0 Å². The van der Waals surface area contributed by atoms with E-state index in [9.17, 15) is 18.4 Å². The normalized spacial score (nSPS) is 16.8. The summed E-state index contributed by atoms with van der Waals surface area (Å²) in [6.45, 7) is 0.190. The molecule has 1 atom stereocenters. The first-order valence-electron chi connectivity index (χ1n) is 7.67. The number of ether oxygens (including phenoxy) is 1. The Morgan fingerprint density at radius 2 is 1.92 bits per heavy atom. The monoisotopic (exact) mass is 346 g/mol. The van der Waals surface area contributed by atoms with E-state index in [1.165, 1.54) is 12.0 Å². The molecule has 0 spiro atoms. The van der Waals surface area contributed by atoms with Crippen LogP contribution in [-0.2, 0) is 9.59 Å². The SMILES string of the molecule is COc1cccc(N2C[C@H](C(=O)Nc3cc(F)cc(F)c3)CC2=O)c1. The van der Waals surface area contributed by atoms with Gasteiger partial charge in [-0.3, -0.25) is 9.59 Å². The van der Waals surface area contributed by atoms with Gasteiger partial charge in [-0.2, -0.15) is 0 Å². The van der Waals surface area contributed by atoms with E-state index in [0.717, 1.165) is 18.2 Å². The van der Waals surface area contributed by atoms with Gasteiger partial charge in [0.25, 0.3) is 0 Å². The summed E-state index contributed by atoms with van der Waals surface area (Å²) < 4.78 is 31.6. The number of methoxy groups -OCH3 is 1. The van der Waals surface area contributed by atoms with Crippen molar-refractivity contribution in [3.05, 3.63) is 54.1 Å². The molecule has 0 unspecified atom stereocenters. The third-order valence-corrected chi connectivity index (χ3v) is 3.99. The number of nitrogens with one attached hydrogen (secondary N) is 1. The Bertz CT molecular complexity index is 805. The fourth-order valence-corrected chi connectivity index (χ4v) is 2.78. The molecule has 3 rings (SSSR count). The molecule has 1 saturated heterocycles. The number of hydrogen-bond donors (Lipinski definition) is 1. The molecule has 1 heterocycles. The molecule has 1 aliphatic rings. The number of anilines is 2. The van der Waals surface area contributed by atoms with Crippen LogP contribution in [-0.4, -0.2) is 25.5 Å². The van der Waals surface area contributed by atoms with Crippen LogP contribution < -0.4 is 15.0 Å². The molecule has 0 radical (unpaired) electrons. The van der Waals surface area contributed by atoms with Gasteiger partial charge in [-0.1, -0.05) is 6.07 Å². The van der Waals surface area contributed by atoms with Crippen molar-refractivity contribution in [2.45, 2.75) is 6.42 Å². The topological polar surface area (TPSA) is 58.6 Å². The van der Waals surface area contributed by atoms with Gasteiger partial charge in [0.05, 0.1) is 13.0 Å². The Morgan fingerprint density at radius 3 is 2.60 bits per heavy atom. The number of benzene rings is 2. The molecule has 0 bridgehead atoms. The summed E-state index contributed by atoms with van der Waals surface area (Å²) in [4.78, 5) is 26.1. The van der Waals surface area contributed by atoms with E-state index in [2.05, 4.69) is 5.32 Å². The van der Waals surface area contributed by atoms with E-state index >= 15 is 0 Å². The average molecular weight is 346 g/mol. The van der Waals surface area contributed by atoms with Crippen molar-refractivity contribution >= 4 is 23.2 Å². The number of hydrogen-bond acceptors (Lipinski definition) is 3. The highest BCUT2D eigenvalue weighted by Crippen LogP contribution is 2.28. The minimum absolute atomic E-state index is 0.0229. The van der Waals surface area contributed by atoms with Gasteiger partial charge in [0.1, 0.15) is 17.4 Å². The highest BCUT2D eigenvalue weighted by atomic mass is 19.1. The van der Waals surface area contributed by atoms with Gasteiger partial charge >= 0.3 is 0 Å². The molecule has 2 aromatic rings. The zero-order chi connectivity index (χ0) is 18.0. The lowest BCUT2D eigenvalue weighted by atomic mass is 10.1. The summed E-state index contributed by atoms with van der Waals surface area (Å²) in [6.07, 6.45) is 0.0286. The standard InChI is InChI=1S/C18H16F2N2O3/c1-25-16-4-2-3-15(9-16)22-10-11(5-17(22)23)18(24)21-14-7-12(19)6-13(20)8-14/h2-4,6-9,11H,5,10H2,1H3,(H,21,24)/t11-/m1/s1. The number of amides is 2. The summed E-state index contributed by atoms with van der Waals surface area (Å²) in [5.41, 5.74) is 0.659. The van der Waals surface area contributed by atoms with E-state index in [1.807, 2.05) is 0 Å². The third-order valence-electron chi connectivity index (χ3n) is 3.99. The average Bonchev–Trinajstić information content (AvgIpc) is 2.96. The van der Waals surface area contributed by atoms with Crippen LogP contribution in [0, 0.1) is 17.6 Å². The van der Waals surface area contributed by atoms with E-state index in [4.69, 9.17) is 4.74 Å². The lowest BCUT2D eigenvalue weighted by molar-refractivity contribution is -0.122. The highest BCUT2D eigenvalue weighted by Gasteiger charge is 2.35. The van der Waals surface area contributed by atoms with Crippen molar-refractivity contribution in [3.63, 3.8) is 0 Å². The maximum Gasteiger partial charge on any atom is 0.229 e. The van der Waals surface area contributed by atoms with Gasteiger partial charge in [-0.25, -0.2) is 8.78 Å². The summed E-state index contributed by atoms with van der Waals surface area (Å²) in [6, 6.07) is 9.74. The van der Waals surface area contributed by atoms with Crippen LogP contribution in [0.25, 0.3) is 0 Å². The Morgan fingerprint density at radius 1 is 1.20 bits per heavy atom. The molecule has 0 aliphatic carbocycles. The molecule has 2 aromatic carbocycles. The molecule has 2 amide bonds. The first-order valence-corrected chi connectivity index (χ1v) is 7.67. The van der Waals surface area contributed by atoms with Crippen molar-refractivity contribution in [1.29, 1.82) is 0 Å². The van der Waals surface area contributed by atoms with Gasteiger partial charge in [0, 0.05) is 36.5 Å². The molecule has 0 aromatic heterocycles. The van der Waals surface area contributed by atoms with E-state index in [0.29, 0.717) is 11.4 Å². The Hall–Kier alpha value is -2.96. The minimum atomic E-state index is -0.782. The first kappa shape index (κ1) is 16.9. The summed E-state index contributed by atoms with van der Waals surface area (Å²) >= 11 is 0. The molecule has 7 heteroatoms. The van der Waals surface area contributed by atoms with Crippen LogP contribution in [0.2, 0.25) is 0 Å². The molecule has 1 N–H and O–H groups in total. The number of carbonyl (C=O) groups is 2. The molecule has 25 heavy (non-hydrogen) atoms. The highest BCUT2D eigenvalue weighted by molar-refractivity contribution is 6.03. The molecular formula is C18H16F2N2O3. The predicted octanol–water partition coefficient (Wildman–Crippen LogP) is 2.97. The van der Waals surface area contributed by atoms with Crippen molar-refractivity contribution < 1.29 is 23.1 Å². The van der Waals surface area contributed by atoms with Crippen molar-refractivity contribution in [2.75, 3.05) is 23.9 Å². The van der Waals surface area contributed by atoms with E-state index < -0.39 is 23.5 Å². The summed E-state index contributed by atoms with van der Waals surface area (Å²) in [5.74, 6) is -2.22. The zero-order valence-corrected chi connectivity index (χ0v) is 13.5. The zero-order valence-electron chi connectivity index (χ0n) is 13.5. The second-order valence-corrected chi connectivity index (χ2v) is 5.75. The number of halogens is 2. The second-order valence-electron chi connectivity index (χ2n) is 5.75. The molecular weight excluding hydrogens is 330 g/mol. The number of nitrogens with zero attached hydrogens (tertiary/aromatic N) is 1. The van der Waals surface area contributed by atoms with Crippen LogP contribution in [0.5, 0.6) is 5.75 Å². The van der Waals surface area contributed by atoms with Gasteiger partial charge in [0.2, 0.25) is 11.8 Å². The Kier molecular flexibility index (Phi) is 4.65. The minimum Gasteiger partial charge on any atom is -0.497 e. The third kappa shape index (κ3) is 3.76. The molecule has 5 nitrogen and oxygen atoms in total. The molecule has 1 aliphatic heterocycles. The quantitative estimate of drug-likeness (QED) is 0.926. The first-order chi connectivity index (χ1) is 12.0. The lowest BCUT2D eigenvalue weighted by Gasteiger charge is -2.17.